The molecule has 6 heteroatoms. The van der Waals surface area contributed by atoms with E-state index in [1.54, 1.807) is 36.4 Å². The maximum atomic E-state index is 13.1. The van der Waals surface area contributed by atoms with Gasteiger partial charge in [-0.05, 0) is 66.6 Å². The van der Waals surface area contributed by atoms with Crippen molar-refractivity contribution in [3.05, 3.63) is 124 Å². The summed E-state index contributed by atoms with van der Waals surface area (Å²) < 4.78 is 6.72. The van der Waals surface area contributed by atoms with E-state index < -0.39 is 0 Å². The van der Waals surface area contributed by atoms with Crippen LogP contribution in [0.1, 0.15) is 31.8 Å². The van der Waals surface area contributed by atoms with E-state index in [1.807, 2.05) is 67.6 Å². The molecule has 4 aromatic rings. The van der Waals surface area contributed by atoms with Gasteiger partial charge >= 0.3 is 0 Å². The van der Waals surface area contributed by atoms with Crippen LogP contribution in [0.4, 0.5) is 11.4 Å². The van der Waals surface area contributed by atoms with Crippen molar-refractivity contribution in [2.45, 2.75) is 13.3 Å². The van der Waals surface area contributed by atoms with Gasteiger partial charge in [-0.15, -0.1) is 0 Å². The lowest BCUT2D eigenvalue weighted by Crippen LogP contribution is -2.16. The Hall–Kier alpha value is -3.90. The summed E-state index contributed by atoms with van der Waals surface area (Å²) in [6, 6.07) is 29.8. The number of halogens is 1. The molecule has 2 amide bonds. The summed E-state index contributed by atoms with van der Waals surface area (Å²) in [7, 11) is 0. The van der Waals surface area contributed by atoms with Gasteiger partial charge in [-0.3, -0.25) is 9.59 Å². The van der Waals surface area contributed by atoms with E-state index in [1.165, 1.54) is 0 Å². The quantitative estimate of drug-likeness (QED) is 0.261. The van der Waals surface area contributed by atoms with Crippen LogP contribution in [0.15, 0.2) is 102 Å². The van der Waals surface area contributed by atoms with E-state index in [9.17, 15) is 9.59 Å². The second kappa shape index (κ2) is 11.5. The van der Waals surface area contributed by atoms with Crippen molar-refractivity contribution in [1.29, 1.82) is 0 Å². The van der Waals surface area contributed by atoms with Gasteiger partial charge in [-0.25, -0.2) is 0 Å². The number of carbonyl (C=O) groups excluding carboxylic acids is 2. The molecule has 0 aliphatic rings. The zero-order valence-electron chi connectivity index (χ0n) is 19.3. The first-order valence-corrected chi connectivity index (χ1v) is 12.0. The molecule has 2 N–H and O–H groups in total. The van der Waals surface area contributed by atoms with Crippen molar-refractivity contribution >= 4 is 39.1 Å². The lowest BCUT2D eigenvalue weighted by molar-refractivity contribution is 0.101. The maximum Gasteiger partial charge on any atom is 0.259 e. The van der Waals surface area contributed by atoms with Crippen molar-refractivity contribution in [3.63, 3.8) is 0 Å². The molecule has 0 fully saturated rings. The number of benzene rings is 4. The number of ether oxygens (including phenoxy) is 1. The summed E-state index contributed by atoms with van der Waals surface area (Å²) in [6.45, 7) is 2.41. The van der Waals surface area contributed by atoms with Crippen LogP contribution in [0.25, 0.3) is 0 Å². The normalized spacial score (nSPS) is 10.5. The van der Waals surface area contributed by atoms with E-state index in [-0.39, 0.29) is 11.8 Å². The number of nitrogens with one attached hydrogen (secondary N) is 2. The zero-order chi connectivity index (χ0) is 24.6. The molecule has 4 aromatic carbocycles. The summed E-state index contributed by atoms with van der Waals surface area (Å²) >= 11 is 3.43. The lowest BCUT2D eigenvalue weighted by atomic mass is 10.1. The van der Waals surface area contributed by atoms with Crippen LogP contribution < -0.4 is 15.4 Å². The molecule has 0 saturated heterocycles. The Morgan fingerprint density at radius 3 is 2.26 bits per heavy atom. The fraction of sp³-hybridized carbons (Fsp3) is 0.103. The molecule has 0 spiro atoms. The Morgan fingerprint density at radius 2 is 1.49 bits per heavy atom. The molecule has 35 heavy (non-hydrogen) atoms. The maximum absolute atomic E-state index is 13.1. The minimum absolute atomic E-state index is 0.251. The number of anilines is 2. The summed E-state index contributed by atoms with van der Waals surface area (Å²) in [4.78, 5) is 25.8. The molecule has 4 rings (SSSR count). The molecule has 0 aliphatic carbocycles. The minimum Gasteiger partial charge on any atom is -0.492 e. The molecular weight excluding hydrogens is 504 g/mol. The predicted molar refractivity (Wildman–Crippen MR) is 143 cm³/mol. The highest BCUT2D eigenvalue weighted by Crippen LogP contribution is 2.25. The van der Waals surface area contributed by atoms with Crippen molar-refractivity contribution in [1.82, 2.24) is 0 Å². The van der Waals surface area contributed by atoms with Crippen LogP contribution in [-0.4, -0.2) is 18.4 Å². The van der Waals surface area contributed by atoms with Crippen molar-refractivity contribution in [3.8, 4) is 5.75 Å². The highest BCUT2D eigenvalue weighted by molar-refractivity contribution is 9.10. The summed E-state index contributed by atoms with van der Waals surface area (Å²) in [5.41, 5.74) is 4.30. The summed E-state index contributed by atoms with van der Waals surface area (Å²) in [6.07, 6.45) is 0.732. The highest BCUT2D eigenvalue weighted by Gasteiger charge is 2.15. The summed E-state index contributed by atoms with van der Waals surface area (Å²) in [5, 5.41) is 5.77. The van der Waals surface area contributed by atoms with Crippen LogP contribution in [0.3, 0.4) is 0 Å². The third-order valence-electron chi connectivity index (χ3n) is 5.34. The molecule has 0 radical (unpaired) electrons. The van der Waals surface area contributed by atoms with E-state index in [4.69, 9.17) is 4.74 Å². The predicted octanol–water partition coefficient (Wildman–Crippen LogP) is 6.88. The molecule has 0 aromatic heterocycles. The van der Waals surface area contributed by atoms with E-state index in [0.717, 1.165) is 27.7 Å². The SMILES string of the molecule is Cc1cccc(NC(=O)c2cccc(NC(=O)c3cc(Br)ccc3OCCc3ccccc3)c2)c1. The summed E-state index contributed by atoms with van der Waals surface area (Å²) in [5.74, 6) is -0.0775. The molecule has 5 nitrogen and oxygen atoms in total. The third-order valence-corrected chi connectivity index (χ3v) is 5.83. The highest BCUT2D eigenvalue weighted by atomic mass is 79.9. The largest absolute Gasteiger partial charge is 0.492 e. The number of carbonyl (C=O) groups is 2. The Labute approximate surface area is 213 Å². The standard InChI is InChI=1S/C29H25BrN2O3/c1-20-7-5-11-24(17-20)31-28(33)22-10-6-12-25(18-22)32-29(34)26-19-23(30)13-14-27(26)35-16-15-21-8-3-2-4-9-21/h2-14,17-19H,15-16H2,1H3,(H,31,33)(H,32,34). The van der Waals surface area contributed by atoms with E-state index >= 15 is 0 Å². The number of amides is 2. The van der Waals surface area contributed by atoms with E-state index in [0.29, 0.717) is 29.2 Å². The number of rotatable bonds is 8. The van der Waals surface area contributed by atoms with Crippen molar-refractivity contribution < 1.29 is 14.3 Å². The fourth-order valence-corrected chi connectivity index (χ4v) is 3.95. The Morgan fingerprint density at radius 1 is 0.771 bits per heavy atom. The second-order valence-corrected chi connectivity index (χ2v) is 9.00. The Bertz CT molecular complexity index is 1340. The van der Waals surface area contributed by atoms with Gasteiger partial charge < -0.3 is 15.4 Å². The first kappa shape index (κ1) is 24.2. The molecule has 0 aliphatic heterocycles. The van der Waals surface area contributed by atoms with Gasteiger partial charge in [0.1, 0.15) is 5.75 Å². The average molecular weight is 529 g/mol. The minimum atomic E-state index is -0.322. The Balaban J connectivity index is 1.44. The monoisotopic (exact) mass is 528 g/mol. The molecule has 0 unspecified atom stereocenters. The smallest absolute Gasteiger partial charge is 0.259 e. The fourth-order valence-electron chi connectivity index (χ4n) is 3.59. The number of hydrogen-bond donors (Lipinski definition) is 2. The van der Waals surface area contributed by atoms with Crippen molar-refractivity contribution in [2.75, 3.05) is 17.2 Å². The number of aryl methyl sites for hydroxylation is 1. The van der Waals surface area contributed by atoms with E-state index in [2.05, 4.69) is 26.6 Å². The van der Waals surface area contributed by atoms with Gasteiger partial charge in [0.25, 0.3) is 11.8 Å². The van der Waals surface area contributed by atoms with Gasteiger partial charge in [0.15, 0.2) is 0 Å². The van der Waals surface area contributed by atoms with Gasteiger partial charge in [-0.1, -0.05) is 64.5 Å². The molecule has 176 valence electrons. The molecular formula is C29H25BrN2O3. The molecule has 0 atom stereocenters. The zero-order valence-corrected chi connectivity index (χ0v) is 20.8. The first-order valence-electron chi connectivity index (χ1n) is 11.2. The van der Waals surface area contributed by atoms with Crippen LogP contribution in [-0.2, 0) is 6.42 Å². The Kier molecular flexibility index (Phi) is 7.95. The lowest BCUT2D eigenvalue weighted by Gasteiger charge is -2.13. The van der Waals surface area contributed by atoms with Crippen LogP contribution in [0.2, 0.25) is 0 Å². The molecule has 0 saturated carbocycles. The van der Waals surface area contributed by atoms with Crippen LogP contribution >= 0.6 is 15.9 Å². The number of hydrogen-bond acceptors (Lipinski definition) is 3. The second-order valence-electron chi connectivity index (χ2n) is 8.08. The third kappa shape index (κ3) is 6.80. The molecule has 0 heterocycles. The van der Waals surface area contributed by atoms with Crippen LogP contribution in [0.5, 0.6) is 5.75 Å². The van der Waals surface area contributed by atoms with Gasteiger partial charge in [0.2, 0.25) is 0 Å². The van der Waals surface area contributed by atoms with Gasteiger partial charge in [-0.2, -0.15) is 0 Å². The van der Waals surface area contributed by atoms with Gasteiger partial charge in [0, 0.05) is 27.8 Å². The average Bonchev–Trinajstić information content (AvgIpc) is 2.85. The van der Waals surface area contributed by atoms with Crippen LogP contribution in [0, 0.1) is 6.92 Å². The molecule has 0 bridgehead atoms. The first-order chi connectivity index (χ1) is 17.0. The van der Waals surface area contributed by atoms with Gasteiger partial charge in [0.05, 0.1) is 12.2 Å². The topological polar surface area (TPSA) is 67.4 Å². The van der Waals surface area contributed by atoms with Crippen molar-refractivity contribution in [2.24, 2.45) is 0 Å².